The van der Waals surface area contributed by atoms with E-state index in [2.05, 4.69) is 10.1 Å². The molecule has 0 saturated heterocycles. The average Bonchev–Trinajstić information content (AvgIpc) is 3.05. The van der Waals surface area contributed by atoms with Crippen molar-refractivity contribution in [3.63, 3.8) is 0 Å². The van der Waals surface area contributed by atoms with Crippen LogP contribution in [0.1, 0.15) is 16.2 Å². The predicted molar refractivity (Wildman–Crippen MR) is 92.2 cm³/mol. The third-order valence-corrected chi connectivity index (χ3v) is 3.73. The standard InChI is InChI=1S/C18H17FN4O3/c1-23-6-5-11(22-23)10-26-17-9-21-16(18(20)24)8-14(17)13-4-3-12(25-2)7-15(13)19/h3-9H,10H2,1-2H3,(H2,20,24)/i2-1. The molecule has 26 heavy (non-hydrogen) atoms. The number of nitrogens with two attached hydrogens (primary N) is 1. The minimum absolute atomic E-state index is 0.0143. The van der Waals surface area contributed by atoms with Crippen molar-refractivity contribution in [2.75, 3.05) is 7.11 Å². The summed E-state index contributed by atoms with van der Waals surface area (Å²) in [5, 5.41) is 4.22. The van der Waals surface area contributed by atoms with Gasteiger partial charge < -0.3 is 15.2 Å². The van der Waals surface area contributed by atoms with Crippen molar-refractivity contribution < 1.29 is 18.7 Å². The highest BCUT2D eigenvalue weighted by Crippen LogP contribution is 2.34. The largest absolute Gasteiger partial charge is 0.497 e. The number of hydrogen-bond acceptors (Lipinski definition) is 5. The summed E-state index contributed by atoms with van der Waals surface area (Å²) in [5.74, 6) is -0.541. The van der Waals surface area contributed by atoms with Gasteiger partial charge in [-0.25, -0.2) is 9.37 Å². The Kier molecular flexibility index (Phi) is 4.83. The van der Waals surface area contributed by atoms with Gasteiger partial charge in [-0.3, -0.25) is 9.48 Å². The van der Waals surface area contributed by atoms with Gasteiger partial charge in [0.2, 0.25) is 0 Å². The van der Waals surface area contributed by atoms with Crippen LogP contribution in [0.4, 0.5) is 4.39 Å². The molecule has 0 spiro atoms. The van der Waals surface area contributed by atoms with Gasteiger partial charge >= 0.3 is 0 Å². The zero-order valence-corrected chi connectivity index (χ0v) is 14.3. The smallest absolute Gasteiger partial charge is 0.267 e. The van der Waals surface area contributed by atoms with Gasteiger partial charge in [-0.2, -0.15) is 5.10 Å². The third-order valence-electron chi connectivity index (χ3n) is 3.73. The summed E-state index contributed by atoms with van der Waals surface area (Å²) in [7, 11) is 3.25. The van der Waals surface area contributed by atoms with Crippen LogP contribution in [0.15, 0.2) is 42.7 Å². The first-order valence-corrected chi connectivity index (χ1v) is 7.73. The van der Waals surface area contributed by atoms with Crippen molar-refractivity contribution >= 4 is 5.91 Å². The van der Waals surface area contributed by atoms with Gasteiger partial charge in [-0.15, -0.1) is 0 Å². The lowest BCUT2D eigenvalue weighted by atomic mass is 10.0. The number of nitrogens with zero attached hydrogens (tertiary/aromatic N) is 3. The van der Waals surface area contributed by atoms with E-state index < -0.39 is 11.7 Å². The maximum Gasteiger partial charge on any atom is 0.267 e. The Morgan fingerprint density at radius 1 is 1.27 bits per heavy atom. The predicted octanol–water partition coefficient (Wildman–Crippen LogP) is 2.31. The number of ether oxygens (including phenoxy) is 2. The van der Waals surface area contributed by atoms with Gasteiger partial charge in [-0.05, 0) is 24.3 Å². The first-order chi connectivity index (χ1) is 12.5. The van der Waals surface area contributed by atoms with Crippen LogP contribution in [0, 0.1) is 5.82 Å². The van der Waals surface area contributed by atoms with Crippen LogP contribution in [0.2, 0.25) is 0 Å². The van der Waals surface area contributed by atoms with Crippen LogP contribution in [-0.4, -0.2) is 27.8 Å². The fourth-order valence-electron chi connectivity index (χ4n) is 2.44. The molecule has 0 aliphatic heterocycles. The first-order valence-electron chi connectivity index (χ1n) is 7.73. The van der Waals surface area contributed by atoms with E-state index in [1.54, 1.807) is 36.1 Å². The molecule has 0 aliphatic rings. The van der Waals surface area contributed by atoms with Gasteiger partial charge in [0, 0.05) is 30.4 Å². The lowest BCUT2D eigenvalue weighted by molar-refractivity contribution is 0.0995. The summed E-state index contributed by atoms with van der Waals surface area (Å²) in [4.78, 5) is 15.4. The number of halogens is 1. The number of methoxy groups -OCH3 is 1. The van der Waals surface area contributed by atoms with Gasteiger partial charge in [0.15, 0.2) is 0 Å². The highest BCUT2D eigenvalue weighted by molar-refractivity contribution is 5.92. The normalized spacial score (nSPS) is 10.6. The summed E-state index contributed by atoms with van der Waals surface area (Å²) < 4.78 is 26.9. The number of aryl methyl sites for hydroxylation is 1. The molecule has 0 saturated carbocycles. The van der Waals surface area contributed by atoms with Crippen molar-refractivity contribution in [2.24, 2.45) is 12.8 Å². The second-order valence-corrected chi connectivity index (χ2v) is 5.55. The molecule has 0 unspecified atom stereocenters. The van der Waals surface area contributed by atoms with E-state index in [9.17, 15) is 9.18 Å². The number of amides is 1. The fourth-order valence-corrected chi connectivity index (χ4v) is 2.44. The lowest BCUT2D eigenvalue weighted by Crippen LogP contribution is -2.13. The van der Waals surface area contributed by atoms with Crippen molar-refractivity contribution in [3.05, 3.63) is 59.9 Å². The van der Waals surface area contributed by atoms with Crippen LogP contribution >= 0.6 is 0 Å². The Hall–Kier alpha value is -3.42. The third kappa shape index (κ3) is 3.64. The molecular weight excluding hydrogens is 338 g/mol. The number of rotatable bonds is 6. The molecule has 2 N–H and O–H groups in total. The van der Waals surface area contributed by atoms with Crippen molar-refractivity contribution in [2.45, 2.75) is 6.61 Å². The molecule has 0 radical (unpaired) electrons. The second kappa shape index (κ2) is 7.22. The number of benzene rings is 1. The molecule has 0 atom stereocenters. The SMILES string of the molecule is Cn1ccc(COc2cnc(C(N)=O)cc2-c2ccc(O[11CH3])cc2F)n1. The maximum absolute atomic E-state index is 14.5. The maximum atomic E-state index is 14.5. The number of carbonyl (C=O) groups is 1. The summed E-state index contributed by atoms with van der Waals surface area (Å²) in [5.41, 5.74) is 6.62. The van der Waals surface area contributed by atoms with Crippen LogP contribution in [0.5, 0.6) is 11.5 Å². The highest BCUT2D eigenvalue weighted by atomic mass is 19.1. The van der Waals surface area contributed by atoms with Crippen LogP contribution in [0.3, 0.4) is 0 Å². The number of primary amides is 1. The molecule has 134 valence electrons. The molecule has 7 nitrogen and oxygen atoms in total. The van der Waals surface area contributed by atoms with Gasteiger partial charge in [0.25, 0.3) is 5.91 Å². The van der Waals surface area contributed by atoms with Gasteiger partial charge in [0.05, 0.1) is 19.0 Å². The van der Waals surface area contributed by atoms with E-state index in [1.807, 2.05) is 0 Å². The van der Waals surface area contributed by atoms with Crippen LogP contribution in [-0.2, 0) is 13.7 Å². The monoisotopic (exact) mass is 355 g/mol. The molecule has 8 heteroatoms. The van der Waals surface area contributed by atoms with Crippen LogP contribution < -0.4 is 15.2 Å². The minimum Gasteiger partial charge on any atom is -0.497 e. The minimum atomic E-state index is -0.712. The molecule has 3 aromatic rings. The number of pyridine rings is 1. The number of carbonyl (C=O) groups excluding carboxylic acids is 1. The summed E-state index contributed by atoms with van der Waals surface area (Å²) in [6.45, 7) is 0.170. The molecule has 0 bridgehead atoms. The molecule has 2 heterocycles. The van der Waals surface area contributed by atoms with Crippen molar-refractivity contribution in [3.8, 4) is 22.6 Å². The van der Waals surface area contributed by atoms with E-state index in [0.29, 0.717) is 22.8 Å². The molecule has 0 fully saturated rings. The van der Waals surface area contributed by atoms with E-state index >= 15 is 0 Å². The molecular formula is C18H17FN4O3. The zero-order valence-electron chi connectivity index (χ0n) is 14.3. The Morgan fingerprint density at radius 3 is 2.69 bits per heavy atom. The molecule has 3 rings (SSSR count). The highest BCUT2D eigenvalue weighted by Gasteiger charge is 2.16. The van der Waals surface area contributed by atoms with Crippen molar-refractivity contribution in [1.82, 2.24) is 14.8 Å². The van der Waals surface area contributed by atoms with E-state index in [4.69, 9.17) is 15.2 Å². The molecule has 1 amide bonds. The molecule has 0 aliphatic carbocycles. The number of hydrogen-bond donors (Lipinski definition) is 1. The zero-order chi connectivity index (χ0) is 18.7. The average molecular weight is 355 g/mol. The number of aromatic nitrogens is 3. The Bertz CT molecular complexity index is 955. The van der Waals surface area contributed by atoms with E-state index in [1.165, 1.54) is 25.4 Å². The van der Waals surface area contributed by atoms with Gasteiger partial charge in [-0.1, -0.05) is 0 Å². The van der Waals surface area contributed by atoms with E-state index in [-0.39, 0.29) is 17.9 Å². The summed E-state index contributed by atoms with van der Waals surface area (Å²) in [6, 6.07) is 7.62. The summed E-state index contributed by atoms with van der Waals surface area (Å²) >= 11 is 0. The first kappa shape index (κ1) is 17.4. The topological polar surface area (TPSA) is 92.3 Å². The Labute approximate surface area is 149 Å². The quantitative estimate of drug-likeness (QED) is 0.732. The van der Waals surface area contributed by atoms with E-state index in [0.717, 1.165) is 0 Å². The Morgan fingerprint density at radius 2 is 2.08 bits per heavy atom. The van der Waals surface area contributed by atoms with Gasteiger partial charge in [0.1, 0.15) is 29.6 Å². The Balaban J connectivity index is 2.00. The molecule has 2 aromatic heterocycles. The summed E-state index contributed by atoms with van der Waals surface area (Å²) in [6.07, 6.45) is 3.14. The lowest BCUT2D eigenvalue weighted by Gasteiger charge is -2.13. The second-order valence-electron chi connectivity index (χ2n) is 5.55. The van der Waals surface area contributed by atoms with Crippen molar-refractivity contribution in [1.29, 1.82) is 0 Å². The molecule has 1 aromatic carbocycles. The fraction of sp³-hybridized carbons (Fsp3) is 0.167. The van der Waals surface area contributed by atoms with Crippen LogP contribution in [0.25, 0.3) is 11.1 Å².